The number of hydrogen-bond acceptors (Lipinski definition) is 7. The van der Waals surface area contributed by atoms with Crippen LogP contribution >= 0.6 is 0 Å². The van der Waals surface area contributed by atoms with Crippen molar-refractivity contribution in [3.63, 3.8) is 0 Å². The maximum Gasteiger partial charge on any atom is 0.407 e. The van der Waals surface area contributed by atoms with Gasteiger partial charge in [-0.15, -0.1) is 0 Å². The van der Waals surface area contributed by atoms with E-state index in [9.17, 15) is 21.6 Å². The molecule has 238 valence electrons. The van der Waals surface area contributed by atoms with Gasteiger partial charge in [-0.25, -0.2) is 21.6 Å². The number of hydrogen-bond donors (Lipinski definition) is 1. The molecule has 0 aromatic heterocycles. The van der Waals surface area contributed by atoms with E-state index in [-0.39, 0.29) is 42.6 Å². The molecule has 1 aliphatic rings. The second-order valence-electron chi connectivity index (χ2n) is 11.0. The average molecular weight is 643 g/mol. The molecule has 0 saturated carbocycles. The van der Waals surface area contributed by atoms with Crippen LogP contribution in [-0.2, 0) is 31.4 Å². The largest absolute Gasteiger partial charge is 0.445 e. The lowest BCUT2D eigenvalue weighted by Crippen LogP contribution is -2.41. The molecule has 10 nitrogen and oxygen atoms in total. The van der Waals surface area contributed by atoms with Gasteiger partial charge in [-0.05, 0) is 63.1 Å². The number of carbonyl (C=O) groups is 1. The lowest BCUT2D eigenvalue weighted by molar-refractivity contribution is 0.139. The van der Waals surface area contributed by atoms with Gasteiger partial charge in [0.05, 0.1) is 9.79 Å². The van der Waals surface area contributed by atoms with Crippen molar-refractivity contribution in [2.45, 2.75) is 43.1 Å². The number of ether oxygens (including phenoxy) is 1. The monoisotopic (exact) mass is 642 g/mol. The number of aryl methyl sites for hydroxylation is 2. The van der Waals surface area contributed by atoms with Crippen LogP contribution in [0.2, 0.25) is 0 Å². The fourth-order valence-corrected chi connectivity index (χ4v) is 7.76. The molecule has 0 spiro atoms. The Morgan fingerprint density at radius 1 is 0.682 bits per heavy atom. The molecule has 0 radical (unpaired) electrons. The molecule has 1 heterocycles. The van der Waals surface area contributed by atoms with Crippen molar-refractivity contribution in [1.82, 2.24) is 18.8 Å². The molecular weight excluding hydrogens is 601 g/mol. The summed E-state index contributed by atoms with van der Waals surface area (Å²) in [5, 5.41) is 2.77. The van der Waals surface area contributed by atoms with Crippen LogP contribution in [0, 0.1) is 13.8 Å². The average Bonchev–Trinajstić information content (AvgIpc) is 3.12. The van der Waals surface area contributed by atoms with E-state index in [4.69, 9.17) is 4.74 Å². The zero-order valence-corrected chi connectivity index (χ0v) is 27.0. The first kappa shape index (κ1) is 33.6. The Bertz CT molecular complexity index is 1480. The van der Waals surface area contributed by atoms with Crippen molar-refractivity contribution in [3.05, 3.63) is 95.6 Å². The number of rotatable bonds is 11. The molecule has 4 rings (SSSR count). The fourth-order valence-electron chi connectivity index (χ4n) is 4.91. The first-order chi connectivity index (χ1) is 21.1. The lowest BCUT2D eigenvalue weighted by Gasteiger charge is -2.25. The molecule has 1 N–H and O–H groups in total. The molecule has 0 bridgehead atoms. The molecule has 1 saturated heterocycles. The van der Waals surface area contributed by atoms with Gasteiger partial charge in [0.15, 0.2) is 0 Å². The Kier molecular flexibility index (Phi) is 11.9. The summed E-state index contributed by atoms with van der Waals surface area (Å²) in [5.74, 6) is 0. The van der Waals surface area contributed by atoms with Crippen LogP contribution in [-0.4, -0.2) is 88.8 Å². The van der Waals surface area contributed by atoms with Crippen LogP contribution in [0.25, 0.3) is 0 Å². The SMILES string of the molecule is Cc1ccc(S(=O)(=O)N2CCN(CCCCNC(=O)OCc3ccccc3)CCN(S(=O)(=O)c3ccc(C)cc3)CC2)cc1. The smallest absolute Gasteiger partial charge is 0.407 e. The number of sulfonamides is 2. The molecule has 1 amide bonds. The minimum atomic E-state index is -3.84. The van der Waals surface area contributed by atoms with Gasteiger partial charge in [-0.3, -0.25) is 0 Å². The van der Waals surface area contributed by atoms with Gasteiger partial charge in [0, 0.05) is 45.8 Å². The Labute approximate surface area is 261 Å². The van der Waals surface area contributed by atoms with E-state index in [0.717, 1.165) is 23.1 Å². The second-order valence-corrected chi connectivity index (χ2v) is 14.8. The summed E-state index contributed by atoms with van der Waals surface area (Å²) >= 11 is 0. The molecular formula is C32H42N4O6S2. The van der Waals surface area contributed by atoms with E-state index < -0.39 is 26.1 Å². The quantitative estimate of drug-likeness (QED) is 0.314. The first-order valence-corrected chi connectivity index (χ1v) is 17.7. The molecule has 12 heteroatoms. The highest BCUT2D eigenvalue weighted by Crippen LogP contribution is 2.21. The van der Waals surface area contributed by atoms with Crippen molar-refractivity contribution >= 4 is 26.1 Å². The third kappa shape index (κ3) is 9.35. The van der Waals surface area contributed by atoms with Crippen LogP contribution in [0.15, 0.2) is 88.7 Å². The fraction of sp³-hybridized carbons (Fsp3) is 0.406. The number of alkyl carbamates (subject to hydrolysis) is 1. The molecule has 1 aliphatic heterocycles. The Balaban J connectivity index is 1.39. The van der Waals surface area contributed by atoms with Gasteiger partial charge < -0.3 is 15.0 Å². The zero-order valence-electron chi connectivity index (χ0n) is 25.4. The van der Waals surface area contributed by atoms with E-state index in [0.29, 0.717) is 32.6 Å². The Hall–Kier alpha value is -3.29. The predicted octanol–water partition coefficient (Wildman–Crippen LogP) is 4.01. The third-order valence-corrected chi connectivity index (χ3v) is 11.5. The standard InChI is InChI=1S/C32H42N4O6S2/c1-27-10-14-30(15-11-27)43(38,39)35-22-20-34(19-7-6-18-33-32(37)42-26-29-8-4-3-5-9-29)21-23-36(25-24-35)44(40,41)31-16-12-28(2)13-17-31/h3-5,8-17H,6-7,18-26H2,1-2H3,(H,33,37). The van der Waals surface area contributed by atoms with Gasteiger partial charge in [-0.1, -0.05) is 65.7 Å². The van der Waals surface area contributed by atoms with Crippen molar-refractivity contribution in [3.8, 4) is 0 Å². The van der Waals surface area contributed by atoms with Crippen molar-refractivity contribution in [2.75, 3.05) is 52.4 Å². The maximum atomic E-state index is 13.6. The minimum Gasteiger partial charge on any atom is -0.445 e. The molecule has 3 aromatic rings. The topological polar surface area (TPSA) is 116 Å². The number of amides is 1. The van der Waals surface area contributed by atoms with Crippen LogP contribution in [0.5, 0.6) is 0 Å². The normalized spacial score (nSPS) is 16.0. The van der Waals surface area contributed by atoms with Crippen molar-refractivity contribution in [1.29, 1.82) is 0 Å². The highest BCUT2D eigenvalue weighted by Gasteiger charge is 2.31. The summed E-state index contributed by atoms with van der Waals surface area (Å²) in [5.41, 5.74) is 2.82. The van der Waals surface area contributed by atoms with E-state index >= 15 is 0 Å². The number of unbranched alkanes of at least 4 members (excludes halogenated alkanes) is 1. The molecule has 0 atom stereocenters. The second kappa shape index (κ2) is 15.6. The highest BCUT2D eigenvalue weighted by atomic mass is 32.2. The Morgan fingerprint density at radius 3 is 1.66 bits per heavy atom. The van der Waals surface area contributed by atoms with E-state index in [1.165, 1.54) is 8.61 Å². The van der Waals surface area contributed by atoms with Crippen molar-refractivity contribution < 1.29 is 26.4 Å². The highest BCUT2D eigenvalue weighted by molar-refractivity contribution is 7.89. The summed E-state index contributed by atoms with van der Waals surface area (Å²) in [6.07, 6.45) is 0.938. The van der Waals surface area contributed by atoms with Gasteiger partial charge in [0.25, 0.3) is 0 Å². The summed E-state index contributed by atoms with van der Waals surface area (Å²) in [6, 6.07) is 22.9. The first-order valence-electron chi connectivity index (χ1n) is 14.9. The molecule has 44 heavy (non-hydrogen) atoms. The lowest BCUT2D eigenvalue weighted by atomic mass is 10.2. The van der Waals surface area contributed by atoms with E-state index in [2.05, 4.69) is 10.2 Å². The van der Waals surface area contributed by atoms with Crippen LogP contribution in [0.1, 0.15) is 29.5 Å². The zero-order chi connectivity index (χ0) is 31.6. The van der Waals surface area contributed by atoms with Crippen LogP contribution in [0.3, 0.4) is 0 Å². The number of nitrogens with one attached hydrogen (secondary N) is 1. The predicted molar refractivity (Wildman–Crippen MR) is 170 cm³/mol. The summed E-state index contributed by atoms with van der Waals surface area (Å²) in [4.78, 5) is 14.5. The Morgan fingerprint density at radius 2 is 1.16 bits per heavy atom. The molecule has 1 fully saturated rings. The summed E-state index contributed by atoms with van der Waals surface area (Å²) in [7, 11) is -7.68. The van der Waals surface area contributed by atoms with E-state index in [1.54, 1.807) is 48.5 Å². The molecule has 0 unspecified atom stereocenters. The minimum absolute atomic E-state index is 0.0458. The molecule has 0 aliphatic carbocycles. The van der Waals surface area contributed by atoms with Crippen molar-refractivity contribution in [2.24, 2.45) is 0 Å². The molecule has 3 aromatic carbocycles. The van der Waals surface area contributed by atoms with Crippen LogP contribution < -0.4 is 5.32 Å². The van der Waals surface area contributed by atoms with Gasteiger partial charge >= 0.3 is 6.09 Å². The number of nitrogens with zero attached hydrogens (tertiary/aromatic N) is 3. The summed E-state index contributed by atoms with van der Waals surface area (Å²) in [6.45, 7) is 6.51. The number of carbonyl (C=O) groups excluding carboxylic acids is 1. The number of benzene rings is 3. The van der Waals surface area contributed by atoms with Gasteiger partial charge in [0.1, 0.15) is 6.61 Å². The van der Waals surface area contributed by atoms with Crippen LogP contribution in [0.4, 0.5) is 4.79 Å². The third-order valence-electron chi connectivity index (χ3n) is 7.63. The van der Waals surface area contributed by atoms with Gasteiger partial charge in [0.2, 0.25) is 20.0 Å². The summed E-state index contributed by atoms with van der Waals surface area (Å²) < 4.78 is 62.6. The van der Waals surface area contributed by atoms with Gasteiger partial charge in [-0.2, -0.15) is 8.61 Å². The maximum absolute atomic E-state index is 13.6. The van der Waals surface area contributed by atoms with E-state index in [1.807, 2.05) is 44.2 Å².